The maximum absolute atomic E-state index is 9.48. The van der Waals surface area contributed by atoms with Crippen molar-refractivity contribution >= 4 is 12.6 Å². The molecule has 1 rings (SSSR count). The molecule has 0 spiro atoms. The third-order valence-electron chi connectivity index (χ3n) is 3.07. The molecule has 3 heteroatoms. The largest absolute Gasteiger partial charge is 0.393 e. The number of likely N-dealkylation sites (tertiary alicyclic amines) is 1. The molecule has 0 amide bonds. The van der Waals surface area contributed by atoms with E-state index in [9.17, 15) is 5.11 Å². The summed E-state index contributed by atoms with van der Waals surface area (Å²) in [6.45, 7) is 9.67. The van der Waals surface area contributed by atoms with Gasteiger partial charge in [-0.05, 0) is 37.0 Å². The molecule has 1 fully saturated rings. The molecule has 84 valence electrons. The number of thiol groups is 1. The van der Waals surface area contributed by atoms with Crippen LogP contribution in [0, 0.1) is 11.3 Å². The molecular formula is C11H23NOS. The van der Waals surface area contributed by atoms with E-state index < -0.39 is 0 Å². The third-order valence-corrected chi connectivity index (χ3v) is 3.93. The molecule has 0 aliphatic carbocycles. The first-order valence-corrected chi connectivity index (χ1v) is 6.09. The van der Waals surface area contributed by atoms with Gasteiger partial charge in [-0.25, -0.2) is 0 Å². The highest BCUT2D eigenvalue weighted by atomic mass is 32.1. The summed E-state index contributed by atoms with van der Waals surface area (Å²) in [7, 11) is 0. The van der Waals surface area contributed by atoms with Crippen molar-refractivity contribution in [3.63, 3.8) is 0 Å². The molecule has 2 atom stereocenters. The molecule has 1 saturated heterocycles. The lowest BCUT2D eigenvalue weighted by Crippen LogP contribution is -2.34. The van der Waals surface area contributed by atoms with Crippen molar-refractivity contribution in [2.75, 3.05) is 25.4 Å². The Morgan fingerprint density at radius 2 is 2.21 bits per heavy atom. The van der Waals surface area contributed by atoms with E-state index in [2.05, 4.69) is 31.4 Å². The van der Waals surface area contributed by atoms with Gasteiger partial charge in [0.05, 0.1) is 6.10 Å². The molecule has 0 saturated carbocycles. The van der Waals surface area contributed by atoms with Crippen molar-refractivity contribution in [2.45, 2.75) is 33.3 Å². The number of nitrogens with zero attached hydrogens (tertiary/aromatic N) is 1. The molecule has 0 aromatic carbocycles. The second kappa shape index (κ2) is 4.86. The summed E-state index contributed by atoms with van der Waals surface area (Å²) < 4.78 is 0. The van der Waals surface area contributed by atoms with Crippen molar-refractivity contribution in [1.29, 1.82) is 0 Å². The Morgan fingerprint density at radius 1 is 1.57 bits per heavy atom. The molecule has 0 aromatic heterocycles. The van der Waals surface area contributed by atoms with Gasteiger partial charge in [0.25, 0.3) is 0 Å². The van der Waals surface area contributed by atoms with Crippen LogP contribution in [0.4, 0.5) is 0 Å². The third kappa shape index (κ3) is 3.44. The molecule has 1 N–H and O–H groups in total. The molecule has 1 aliphatic rings. The van der Waals surface area contributed by atoms with E-state index >= 15 is 0 Å². The quantitative estimate of drug-likeness (QED) is 0.700. The number of hydrogen-bond donors (Lipinski definition) is 2. The maximum atomic E-state index is 9.48. The molecule has 0 aromatic rings. The monoisotopic (exact) mass is 217 g/mol. The minimum Gasteiger partial charge on any atom is -0.393 e. The average molecular weight is 217 g/mol. The van der Waals surface area contributed by atoms with Crippen molar-refractivity contribution in [2.24, 2.45) is 11.3 Å². The second-order valence-electron chi connectivity index (χ2n) is 5.35. The van der Waals surface area contributed by atoms with E-state index in [1.165, 1.54) is 0 Å². The fourth-order valence-electron chi connectivity index (χ4n) is 2.06. The Morgan fingerprint density at radius 3 is 2.64 bits per heavy atom. The van der Waals surface area contributed by atoms with Crippen LogP contribution in [-0.4, -0.2) is 41.5 Å². The Labute approximate surface area is 93.1 Å². The molecule has 0 radical (unpaired) electrons. The van der Waals surface area contributed by atoms with Gasteiger partial charge >= 0.3 is 0 Å². The predicted molar refractivity (Wildman–Crippen MR) is 63.9 cm³/mol. The molecule has 2 unspecified atom stereocenters. The summed E-state index contributed by atoms with van der Waals surface area (Å²) in [4.78, 5) is 2.45. The van der Waals surface area contributed by atoms with Crippen LogP contribution in [0.15, 0.2) is 0 Å². The first-order valence-electron chi connectivity index (χ1n) is 5.46. The van der Waals surface area contributed by atoms with Gasteiger partial charge in [0.1, 0.15) is 0 Å². The SMILES string of the molecule is CC(O)C1CCN(CC(C)(C)CS)C1. The van der Waals surface area contributed by atoms with Crippen molar-refractivity contribution < 1.29 is 5.11 Å². The number of rotatable bonds is 4. The zero-order chi connectivity index (χ0) is 10.8. The maximum Gasteiger partial charge on any atom is 0.0552 e. The summed E-state index contributed by atoms with van der Waals surface area (Å²) in [5, 5.41) is 9.48. The molecule has 2 nitrogen and oxygen atoms in total. The lowest BCUT2D eigenvalue weighted by atomic mass is 9.96. The summed E-state index contributed by atoms with van der Waals surface area (Å²) in [6.07, 6.45) is 0.986. The normalized spacial score (nSPS) is 26.8. The van der Waals surface area contributed by atoms with Crippen LogP contribution in [0.1, 0.15) is 27.2 Å². The fourth-order valence-corrected chi connectivity index (χ4v) is 2.16. The Bertz CT molecular complexity index is 182. The van der Waals surface area contributed by atoms with E-state index in [-0.39, 0.29) is 11.5 Å². The second-order valence-corrected chi connectivity index (χ2v) is 5.66. The fraction of sp³-hybridized carbons (Fsp3) is 1.00. The van der Waals surface area contributed by atoms with Crippen molar-refractivity contribution in [1.82, 2.24) is 4.90 Å². The van der Waals surface area contributed by atoms with Gasteiger partial charge in [0, 0.05) is 13.1 Å². The highest BCUT2D eigenvalue weighted by Gasteiger charge is 2.29. The molecule has 14 heavy (non-hydrogen) atoms. The Kier molecular flexibility index (Phi) is 4.29. The summed E-state index contributed by atoms with van der Waals surface area (Å²) in [6, 6.07) is 0. The molecule has 0 bridgehead atoms. The van der Waals surface area contributed by atoms with Crippen LogP contribution >= 0.6 is 12.6 Å². The van der Waals surface area contributed by atoms with Gasteiger partial charge in [-0.2, -0.15) is 12.6 Å². The minimum absolute atomic E-state index is 0.154. The predicted octanol–water partition coefficient (Wildman–Crippen LogP) is 1.65. The van der Waals surface area contributed by atoms with E-state index in [1.54, 1.807) is 0 Å². The lowest BCUT2D eigenvalue weighted by Gasteiger charge is -2.28. The van der Waals surface area contributed by atoms with Gasteiger partial charge in [0.2, 0.25) is 0 Å². The van der Waals surface area contributed by atoms with Crippen molar-refractivity contribution in [3.05, 3.63) is 0 Å². The van der Waals surface area contributed by atoms with Crippen LogP contribution in [0.2, 0.25) is 0 Å². The Hall–Kier alpha value is 0.270. The van der Waals surface area contributed by atoms with Gasteiger partial charge in [-0.15, -0.1) is 0 Å². The first-order chi connectivity index (χ1) is 6.44. The highest BCUT2D eigenvalue weighted by Crippen LogP contribution is 2.25. The summed E-state index contributed by atoms with van der Waals surface area (Å²) in [5.74, 6) is 1.40. The highest BCUT2D eigenvalue weighted by molar-refractivity contribution is 7.80. The minimum atomic E-state index is -0.154. The number of aliphatic hydroxyl groups is 1. The van der Waals surface area contributed by atoms with E-state index in [0.29, 0.717) is 5.92 Å². The number of hydrogen-bond acceptors (Lipinski definition) is 3. The lowest BCUT2D eigenvalue weighted by molar-refractivity contribution is 0.123. The van der Waals surface area contributed by atoms with E-state index in [1.807, 2.05) is 6.92 Å². The van der Waals surface area contributed by atoms with Gasteiger partial charge < -0.3 is 10.0 Å². The summed E-state index contributed by atoms with van der Waals surface area (Å²) in [5.41, 5.74) is 0.288. The van der Waals surface area contributed by atoms with Gasteiger partial charge in [0.15, 0.2) is 0 Å². The van der Waals surface area contributed by atoms with Crippen LogP contribution in [0.25, 0.3) is 0 Å². The van der Waals surface area contributed by atoms with Crippen LogP contribution in [0.3, 0.4) is 0 Å². The average Bonchev–Trinajstić information content (AvgIpc) is 2.52. The molecular weight excluding hydrogens is 194 g/mol. The Balaban J connectivity index is 2.36. The topological polar surface area (TPSA) is 23.5 Å². The smallest absolute Gasteiger partial charge is 0.0552 e. The van der Waals surface area contributed by atoms with E-state index in [4.69, 9.17) is 0 Å². The van der Waals surface area contributed by atoms with Crippen molar-refractivity contribution in [3.8, 4) is 0 Å². The van der Waals surface area contributed by atoms with Gasteiger partial charge in [-0.1, -0.05) is 13.8 Å². The summed E-state index contributed by atoms with van der Waals surface area (Å²) >= 11 is 4.36. The zero-order valence-electron chi connectivity index (χ0n) is 9.53. The van der Waals surface area contributed by atoms with E-state index in [0.717, 1.165) is 31.8 Å². The molecule has 1 heterocycles. The number of aliphatic hydroxyl groups excluding tert-OH is 1. The standard InChI is InChI=1S/C11H23NOS/c1-9(13)10-4-5-12(6-10)7-11(2,3)8-14/h9-10,13-14H,4-8H2,1-3H3. The van der Waals surface area contributed by atoms with Crippen LogP contribution in [-0.2, 0) is 0 Å². The van der Waals surface area contributed by atoms with Gasteiger partial charge in [-0.3, -0.25) is 0 Å². The first kappa shape index (κ1) is 12.3. The van der Waals surface area contributed by atoms with Crippen LogP contribution in [0.5, 0.6) is 0 Å². The zero-order valence-corrected chi connectivity index (χ0v) is 10.4. The van der Waals surface area contributed by atoms with Crippen LogP contribution < -0.4 is 0 Å². The molecule has 1 aliphatic heterocycles.